The molecule has 0 spiro atoms. The summed E-state index contributed by atoms with van der Waals surface area (Å²) in [5, 5.41) is 10.00. The van der Waals surface area contributed by atoms with Gasteiger partial charge in [-0.25, -0.2) is 0 Å². The smallest absolute Gasteiger partial charge is 0.231 e. The van der Waals surface area contributed by atoms with Crippen LogP contribution in [0.15, 0.2) is 0 Å². The van der Waals surface area contributed by atoms with Crippen molar-refractivity contribution in [2.45, 2.75) is 12.0 Å². The first kappa shape index (κ1) is 7.19. The van der Waals surface area contributed by atoms with Crippen molar-refractivity contribution >= 4 is 6.29 Å². The highest BCUT2D eigenvalue weighted by Gasteiger charge is 2.38. The molecule has 54 valence electrons. The lowest BCUT2D eigenvalue weighted by Crippen LogP contribution is -2.29. The minimum atomic E-state index is -1.20. The van der Waals surface area contributed by atoms with Gasteiger partial charge in [0, 0.05) is 20.0 Å². The first-order valence-corrected chi connectivity index (χ1v) is 3.00. The number of carbonyl (C=O) groups excluding carboxylic acids is 1. The Morgan fingerprint density at radius 3 is 2.80 bits per heavy atom. The zero-order valence-corrected chi connectivity index (χ0v) is 5.70. The van der Waals surface area contributed by atoms with Crippen molar-refractivity contribution in [3.63, 3.8) is 0 Å². The van der Waals surface area contributed by atoms with E-state index in [4.69, 9.17) is 10.1 Å². The van der Waals surface area contributed by atoms with Crippen molar-refractivity contribution in [3.05, 3.63) is 0 Å². The molecule has 0 aromatic carbocycles. The average Bonchev–Trinajstić information content (AvgIpc) is 2.33. The van der Waals surface area contributed by atoms with Crippen molar-refractivity contribution in [2.24, 2.45) is 0 Å². The van der Waals surface area contributed by atoms with E-state index in [1.165, 1.54) is 5.06 Å². The molecule has 0 aromatic heterocycles. The maximum absolute atomic E-state index is 10.3. The molecular weight excluding hydrogens is 132 g/mol. The van der Waals surface area contributed by atoms with Crippen molar-refractivity contribution in [3.8, 4) is 6.07 Å². The molecule has 10 heavy (non-hydrogen) atoms. The summed E-state index contributed by atoms with van der Waals surface area (Å²) in [6.07, 6.45) is 1.01. The maximum atomic E-state index is 10.3. The Morgan fingerprint density at radius 1 is 1.90 bits per heavy atom. The summed E-state index contributed by atoms with van der Waals surface area (Å²) < 4.78 is 0. The Kier molecular flexibility index (Phi) is 1.70. The van der Waals surface area contributed by atoms with Gasteiger partial charge in [-0.15, -0.1) is 0 Å². The quantitative estimate of drug-likeness (QED) is 0.470. The topological polar surface area (TPSA) is 53.3 Å². The van der Waals surface area contributed by atoms with E-state index in [1.807, 2.05) is 6.07 Å². The predicted molar refractivity (Wildman–Crippen MR) is 32.7 cm³/mol. The van der Waals surface area contributed by atoms with E-state index in [-0.39, 0.29) is 0 Å². The van der Waals surface area contributed by atoms with Crippen molar-refractivity contribution in [2.75, 3.05) is 13.6 Å². The molecule has 0 aliphatic carbocycles. The third-order valence-electron chi connectivity index (χ3n) is 1.50. The van der Waals surface area contributed by atoms with E-state index < -0.39 is 5.60 Å². The van der Waals surface area contributed by atoms with Crippen molar-refractivity contribution in [1.29, 1.82) is 5.26 Å². The van der Waals surface area contributed by atoms with Gasteiger partial charge in [0.05, 0.1) is 0 Å². The molecule has 1 fully saturated rings. The van der Waals surface area contributed by atoms with Crippen LogP contribution in [0, 0.1) is 11.3 Å². The average molecular weight is 140 g/mol. The largest absolute Gasteiger partial charge is 0.299 e. The molecule has 1 saturated heterocycles. The van der Waals surface area contributed by atoms with Gasteiger partial charge in [-0.1, -0.05) is 0 Å². The Balaban J connectivity index is 2.71. The van der Waals surface area contributed by atoms with Crippen molar-refractivity contribution < 1.29 is 9.63 Å². The lowest BCUT2D eigenvalue weighted by atomic mass is 10.1. The highest BCUT2D eigenvalue weighted by molar-refractivity contribution is 5.67. The van der Waals surface area contributed by atoms with Crippen LogP contribution in [0.5, 0.6) is 0 Å². The fourth-order valence-electron chi connectivity index (χ4n) is 0.876. The first-order chi connectivity index (χ1) is 4.72. The highest BCUT2D eigenvalue weighted by atomic mass is 16.7. The highest BCUT2D eigenvalue weighted by Crippen LogP contribution is 2.20. The van der Waals surface area contributed by atoms with E-state index >= 15 is 0 Å². The molecule has 0 saturated carbocycles. The summed E-state index contributed by atoms with van der Waals surface area (Å²) in [7, 11) is 1.70. The normalized spacial score (nSPS) is 33.6. The van der Waals surface area contributed by atoms with Crippen LogP contribution in [0.3, 0.4) is 0 Å². The van der Waals surface area contributed by atoms with Gasteiger partial charge in [0.25, 0.3) is 0 Å². The Hall–Kier alpha value is -0.920. The molecule has 1 aliphatic heterocycles. The minimum absolute atomic E-state index is 0.462. The number of rotatable bonds is 1. The number of nitriles is 1. The Labute approximate surface area is 58.9 Å². The van der Waals surface area contributed by atoms with Gasteiger partial charge in [0.1, 0.15) is 6.07 Å². The summed E-state index contributed by atoms with van der Waals surface area (Å²) in [5.74, 6) is 0. The van der Waals surface area contributed by atoms with Gasteiger partial charge in [-0.2, -0.15) is 10.3 Å². The van der Waals surface area contributed by atoms with E-state index in [0.717, 1.165) is 0 Å². The molecule has 1 atom stereocenters. The second kappa shape index (κ2) is 2.37. The first-order valence-electron chi connectivity index (χ1n) is 3.00. The zero-order chi connectivity index (χ0) is 7.61. The van der Waals surface area contributed by atoms with Gasteiger partial charge in [-0.05, 0) is 0 Å². The SMILES string of the molecule is CN1CCC(C#N)(C=O)O1. The van der Waals surface area contributed by atoms with Crippen LogP contribution in [0.1, 0.15) is 6.42 Å². The predicted octanol–water partition coefficient (Wildman–Crippen LogP) is -0.285. The number of hydrogen-bond acceptors (Lipinski definition) is 4. The molecule has 4 heteroatoms. The summed E-state index contributed by atoms with van der Waals surface area (Å²) in [6.45, 7) is 0.631. The van der Waals surface area contributed by atoms with E-state index in [2.05, 4.69) is 0 Å². The van der Waals surface area contributed by atoms with E-state index in [0.29, 0.717) is 19.3 Å². The molecule has 0 aromatic rings. The third-order valence-corrected chi connectivity index (χ3v) is 1.50. The number of nitrogens with zero attached hydrogens (tertiary/aromatic N) is 2. The molecule has 1 unspecified atom stereocenters. The summed E-state index contributed by atoms with van der Waals surface area (Å²) in [4.78, 5) is 15.3. The minimum Gasteiger partial charge on any atom is -0.299 e. The Bertz CT molecular complexity index is 187. The van der Waals surface area contributed by atoms with Crippen LogP contribution in [0.25, 0.3) is 0 Å². The second-order valence-electron chi connectivity index (χ2n) is 2.31. The van der Waals surface area contributed by atoms with Crippen molar-refractivity contribution in [1.82, 2.24) is 5.06 Å². The molecule has 4 nitrogen and oxygen atoms in total. The second-order valence-corrected chi connectivity index (χ2v) is 2.31. The summed E-state index contributed by atoms with van der Waals surface area (Å²) in [6, 6.07) is 1.83. The Morgan fingerprint density at radius 2 is 2.60 bits per heavy atom. The van der Waals surface area contributed by atoms with Gasteiger partial charge in [-0.3, -0.25) is 9.63 Å². The fourth-order valence-corrected chi connectivity index (χ4v) is 0.876. The monoisotopic (exact) mass is 140 g/mol. The molecule has 0 bridgehead atoms. The third kappa shape index (κ3) is 1.01. The number of carbonyl (C=O) groups is 1. The van der Waals surface area contributed by atoms with Gasteiger partial charge in [0.2, 0.25) is 5.60 Å². The fraction of sp³-hybridized carbons (Fsp3) is 0.667. The number of aldehydes is 1. The molecule has 1 heterocycles. The summed E-state index contributed by atoms with van der Waals surface area (Å²) >= 11 is 0. The van der Waals surface area contributed by atoms with Crippen LogP contribution >= 0.6 is 0 Å². The zero-order valence-electron chi connectivity index (χ0n) is 5.70. The van der Waals surface area contributed by atoms with E-state index in [1.54, 1.807) is 7.05 Å². The lowest BCUT2D eigenvalue weighted by Gasteiger charge is -2.11. The molecular formula is C6H8N2O2. The molecule has 0 N–H and O–H groups in total. The molecule has 0 radical (unpaired) electrons. The standard InChI is InChI=1S/C6H8N2O2/c1-8-3-2-6(4-7,5-9)10-8/h5H,2-3H2,1H3. The molecule has 0 amide bonds. The van der Waals surface area contributed by atoms with Crippen LogP contribution in [0.2, 0.25) is 0 Å². The molecule has 1 rings (SSSR count). The van der Waals surface area contributed by atoms with Crippen LogP contribution in [-0.2, 0) is 9.63 Å². The van der Waals surface area contributed by atoms with Crippen LogP contribution < -0.4 is 0 Å². The van der Waals surface area contributed by atoms with Crippen LogP contribution in [-0.4, -0.2) is 30.5 Å². The summed E-state index contributed by atoms with van der Waals surface area (Å²) in [5.41, 5.74) is -1.20. The number of hydrogen-bond donors (Lipinski definition) is 0. The maximum Gasteiger partial charge on any atom is 0.231 e. The van der Waals surface area contributed by atoms with Gasteiger partial charge in [0.15, 0.2) is 6.29 Å². The van der Waals surface area contributed by atoms with Gasteiger partial charge < -0.3 is 0 Å². The number of hydroxylamine groups is 2. The van der Waals surface area contributed by atoms with E-state index in [9.17, 15) is 4.79 Å². The van der Waals surface area contributed by atoms with Crippen LogP contribution in [0.4, 0.5) is 0 Å². The lowest BCUT2D eigenvalue weighted by molar-refractivity contribution is -0.162. The molecule has 1 aliphatic rings. The van der Waals surface area contributed by atoms with Gasteiger partial charge >= 0.3 is 0 Å².